The van der Waals surface area contributed by atoms with E-state index in [9.17, 15) is 0 Å². The number of nitrogens with zero attached hydrogens (tertiary/aromatic N) is 3. The molecule has 4 nitrogen and oxygen atoms in total. The van der Waals surface area contributed by atoms with Crippen LogP contribution in [-0.2, 0) is 0 Å². The van der Waals surface area contributed by atoms with E-state index in [-0.39, 0.29) is 0 Å². The van der Waals surface area contributed by atoms with Crippen molar-refractivity contribution in [1.29, 1.82) is 0 Å². The largest absolute Gasteiger partial charge is 0.383 e. The summed E-state index contributed by atoms with van der Waals surface area (Å²) in [6, 6.07) is 7.88. The zero-order valence-electron chi connectivity index (χ0n) is 9.76. The Kier molecular flexibility index (Phi) is 2.56. The maximum absolute atomic E-state index is 6.18. The van der Waals surface area contributed by atoms with Gasteiger partial charge < -0.3 is 5.73 Å². The van der Waals surface area contributed by atoms with Crippen molar-refractivity contribution in [1.82, 2.24) is 14.4 Å². The Morgan fingerprint density at radius 1 is 1.28 bits per heavy atom. The Bertz CT molecular complexity index is 733. The number of halogens is 1. The summed E-state index contributed by atoms with van der Waals surface area (Å²) >= 11 is 3.40. The number of pyridine rings is 2. The molecule has 3 aromatic rings. The van der Waals surface area contributed by atoms with E-state index in [4.69, 9.17) is 5.73 Å². The molecule has 0 spiro atoms. The van der Waals surface area contributed by atoms with Gasteiger partial charge in [0.2, 0.25) is 0 Å². The third kappa shape index (κ3) is 1.67. The Balaban J connectivity index is 2.31. The average Bonchev–Trinajstić information content (AvgIpc) is 2.68. The molecule has 2 N–H and O–H groups in total. The SMILES string of the molecule is Cc1cccc2nc(-c3cncc(Br)c3)c(N)n12. The highest BCUT2D eigenvalue weighted by Gasteiger charge is 2.12. The zero-order chi connectivity index (χ0) is 12.7. The average molecular weight is 303 g/mol. The van der Waals surface area contributed by atoms with Crippen LogP contribution in [0.25, 0.3) is 16.9 Å². The van der Waals surface area contributed by atoms with Crippen molar-refractivity contribution >= 4 is 27.4 Å². The Hall–Kier alpha value is -1.88. The first-order chi connectivity index (χ1) is 8.66. The lowest BCUT2D eigenvalue weighted by atomic mass is 10.2. The summed E-state index contributed by atoms with van der Waals surface area (Å²) < 4.78 is 2.85. The van der Waals surface area contributed by atoms with Crippen LogP contribution in [0.4, 0.5) is 5.82 Å². The number of nitrogen functional groups attached to an aromatic ring is 1. The van der Waals surface area contributed by atoms with E-state index in [0.717, 1.165) is 27.1 Å². The summed E-state index contributed by atoms with van der Waals surface area (Å²) in [6.45, 7) is 2.01. The van der Waals surface area contributed by atoms with E-state index >= 15 is 0 Å². The summed E-state index contributed by atoms with van der Waals surface area (Å²) in [7, 11) is 0. The van der Waals surface area contributed by atoms with E-state index in [2.05, 4.69) is 25.9 Å². The smallest absolute Gasteiger partial charge is 0.139 e. The molecule has 0 saturated carbocycles. The van der Waals surface area contributed by atoms with Gasteiger partial charge in [0.25, 0.3) is 0 Å². The van der Waals surface area contributed by atoms with Crippen LogP contribution in [0.3, 0.4) is 0 Å². The summed E-state index contributed by atoms with van der Waals surface area (Å²) in [4.78, 5) is 8.70. The molecule has 0 aliphatic rings. The van der Waals surface area contributed by atoms with Gasteiger partial charge in [-0.25, -0.2) is 4.98 Å². The third-order valence-corrected chi connectivity index (χ3v) is 3.29. The van der Waals surface area contributed by atoms with Crippen LogP contribution in [0.5, 0.6) is 0 Å². The number of anilines is 1. The number of hydrogen-bond donors (Lipinski definition) is 1. The highest BCUT2D eigenvalue weighted by atomic mass is 79.9. The lowest BCUT2D eigenvalue weighted by Gasteiger charge is -2.02. The standard InChI is InChI=1S/C13H11BrN4/c1-8-3-2-4-11-17-12(13(15)18(8)11)9-5-10(14)7-16-6-9/h2-7H,15H2,1H3. The van der Waals surface area contributed by atoms with Crippen molar-refractivity contribution in [2.45, 2.75) is 6.92 Å². The maximum atomic E-state index is 6.18. The summed E-state index contributed by atoms with van der Waals surface area (Å²) in [5, 5.41) is 0. The predicted molar refractivity (Wildman–Crippen MR) is 75.3 cm³/mol. The van der Waals surface area contributed by atoms with E-state index in [1.54, 1.807) is 12.4 Å². The van der Waals surface area contributed by atoms with E-state index in [0.29, 0.717) is 5.82 Å². The van der Waals surface area contributed by atoms with Gasteiger partial charge in [-0.15, -0.1) is 0 Å². The molecule has 5 heteroatoms. The highest BCUT2D eigenvalue weighted by Crippen LogP contribution is 2.28. The van der Waals surface area contributed by atoms with Crippen LogP contribution in [-0.4, -0.2) is 14.4 Å². The molecular formula is C13H11BrN4. The normalized spacial score (nSPS) is 11.0. The van der Waals surface area contributed by atoms with Gasteiger partial charge in [0.1, 0.15) is 17.2 Å². The van der Waals surface area contributed by atoms with Gasteiger partial charge in [-0.2, -0.15) is 0 Å². The molecule has 0 aromatic carbocycles. The van der Waals surface area contributed by atoms with Gasteiger partial charge in [0.05, 0.1) is 0 Å². The highest BCUT2D eigenvalue weighted by molar-refractivity contribution is 9.10. The summed E-state index contributed by atoms with van der Waals surface area (Å²) in [5.41, 5.74) is 9.76. The number of nitrogens with two attached hydrogens (primary N) is 1. The van der Waals surface area contributed by atoms with Crippen molar-refractivity contribution in [2.24, 2.45) is 0 Å². The molecule has 0 aliphatic carbocycles. The molecule has 3 rings (SSSR count). The van der Waals surface area contributed by atoms with Crippen molar-refractivity contribution < 1.29 is 0 Å². The van der Waals surface area contributed by atoms with Gasteiger partial charge in [-0.3, -0.25) is 9.38 Å². The Morgan fingerprint density at radius 2 is 2.11 bits per heavy atom. The van der Waals surface area contributed by atoms with E-state index in [1.807, 2.05) is 35.6 Å². The minimum absolute atomic E-state index is 0.642. The van der Waals surface area contributed by atoms with Gasteiger partial charge in [-0.05, 0) is 41.1 Å². The molecule has 0 radical (unpaired) electrons. The van der Waals surface area contributed by atoms with Crippen LogP contribution >= 0.6 is 15.9 Å². The van der Waals surface area contributed by atoms with Gasteiger partial charge >= 0.3 is 0 Å². The number of rotatable bonds is 1. The fourth-order valence-electron chi connectivity index (χ4n) is 2.04. The minimum Gasteiger partial charge on any atom is -0.383 e. The fourth-order valence-corrected chi connectivity index (χ4v) is 2.40. The second-order valence-corrected chi connectivity index (χ2v) is 5.01. The van der Waals surface area contributed by atoms with Gasteiger partial charge in [0, 0.05) is 28.1 Å². The first-order valence-electron chi connectivity index (χ1n) is 5.51. The van der Waals surface area contributed by atoms with Crippen LogP contribution in [0.1, 0.15) is 5.69 Å². The molecule has 18 heavy (non-hydrogen) atoms. The monoisotopic (exact) mass is 302 g/mol. The lowest BCUT2D eigenvalue weighted by Crippen LogP contribution is -1.97. The fraction of sp³-hybridized carbons (Fsp3) is 0.0769. The van der Waals surface area contributed by atoms with Crippen LogP contribution in [0, 0.1) is 6.92 Å². The quantitative estimate of drug-likeness (QED) is 0.751. The minimum atomic E-state index is 0.642. The summed E-state index contributed by atoms with van der Waals surface area (Å²) in [5.74, 6) is 0.642. The molecule has 3 heterocycles. The number of hydrogen-bond acceptors (Lipinski definition) is 3. The van der Waals surface area contributed by atoms with Crippen molar-refractivity contribution in [3.63, 3.8) is 0 Å². The first-order valence-corrected chi connectivity index (χ1v) is 6.30. The second-order valence-electron chi connectivity index (χ2n) is 4.10. The van der Waals surface area contributed by atoms with E-state index < -0.39 is 0 Å². The van der Waals surface area contributed by atoms with Crippen LogP contribution in [0.15, 0.2) is 41.1 Å². The van der Waals surface area contributed by atoms with Gasteiger partial charge in [0.15, 0.2) is 0 Å². The van der Waals surface area contributed by atoms with E-state index in [1.165, 1.54) is 0 Å². The second kappa shape index (κ2) is 4.10. The molecule has 0 atom stereocenters. The predicted octanol–water partition coefficient (Wildman–Crippen LogP) is 3.05. The number of fused-ring (bicyclic) bond motifs is 1. The molecule has 90 valence electrons. The molecule has 0 saturated heterocycles. The third-order valence-electron chi connectivity index (χ3n) is 2.85. The zero-order valence-corrected chi connectivity index (χ0v) is 11.3. The molecule has 3 aromatic heterocycles. The van der Waals surface area contributed by atoms with Crippen molar-refractivity contribution in [3.05, 3.63) is 46.8 Å². The van der Waals surface area contributed by atoms with Crippen LogP contribution in [0.2, 0.25) is 0 Å². The Labute approximate surface area is 113 Å². The molecule has 0 aliphatic heterocycles. The lowest BCUT2D eigenvalue weighted by molar-refractivity contribution is 1.10. The summed E-state index contributed by atoms with van der Waals surface area (Å²) in [6.07, 6.45) is 3.50. The number of imidazole rings is 1. The maximum Gasteiger partial charge on any atom is 0.139 e. The topological polar surface area (TPSA) is 56.2 Å². The number of aryl methyl sites for hydroxylation is 1. The molecule has 0 unspecified atom stereocenters. The van der Waals surface area contributed by atoms with Crippen molar-refractivity contribution in [3.8, 4) is 11.3 Å². The molecule has 0 bridgehead atoms. The number of aromatic nitrogens is 3. The molecule has 0 fully saturated rings. The Morgan fingerprint density at radius 3 is 2.83 bits per heavy atom. The molecule has 0 amide bonds. The van der Waals surface area contributed by atoms with Crippen LogP contribution < -0.4 is 5.73 Å². The molecular weight excluding hydrogens is 292 g/mol. The van der Waals surface area contributed by atoms with Crippen molar-refractivity contribution in [2.75, 3.05) is 5.73 Å². The first kappa shape index (κ1) is 11.2. The van der Waals surface area contributed by atoms with Gasteiger partial charge in [-0.1, -0.05) is 6.07 Å².